The monoisotopic (exact) mass is 343 g/mol. The predicted molar refractivity (Wildman–Crippen MR) is 80.6 cm³/mol. The predicted octanol–water partition coefficient (Wildman–Crippen LogP) is 4.28. The van der Waals surface area contributed by atoms with E-state index in [-0.39, 0.29) is 11.9 Å². The van der Waals surface area contributed by atoms with Gasteiger partial charge >= 0.3 is 0 Å². The van der Waals surface area contributed by atoms with E-state index in [9.17, 15) is 4.39 Å². The van der Waals surface area contributed by atoms with E-state index in [2.05, 4.69) is 21.2 Å². The zero-order valence-electron chi connectivity index (χ0n) is 11.0. The standard InChI is InChI=1S/C14H15BrFNOS/c1-8-9(15)7-12(19-8)14(17-2)13-10(16)5-4-6-11(13)18-3/h4-7,14,17H,1-3H3. The summed E-state index contributed by atoms with van der Waals surface area (Å²) in [6.45, 7) is 2.03. The Bertz CT molecular complexity index is 565. The van der Waals surface area contributed by atoms with Gasteiger partial charge in [0.05, 0.1) is 18.7 Å². The first-order valence-corrected chi connectivity index (χ1v) is 7.45. The van der Waals surface area contributed by atoms with E-state index in [4.69, 9.17) is 4.74 Å². The maximum Gasteiger partial charge on any atom is 0.132 e. The number of methoxy groups -OCH3 is 1. The van der Waals surface area contributed by atoms with Gasteiger partial charge in [0.15, 0.2) is 0 Å². The van der Waals surface area contributed by atoms with E-state index >= 15 is 0 Å². The fourth-order valence-electron chi connectivity index (χ4n) is 2.03. The normalized spacial score (nSPS) is 12.5. The molecule has 0 fully saturated rings. The lowest BCUT2D eigenvalue weighted by molar-refractivity contribution is 0.399. The van der Waals surface area contributed by atoms with Crippen LogP contribution in [0.15, 0.2) is 28.7 Å². The molecule has 1 aromatic heterocycles. The van der Waals surface area contributed by atoms with Gasteiger partial charge in [-0.25, -0.2) is 4.39 Å². The molecule has 2 aromatic rings. The van der Waals surface area contributed by atoms with Gasteiger partial charge in [0, 0.05) is 14.2 Å². The van der Waals surface area contributed by atoms with Gasteiger partial charge in [-0.2, -0.15) is 0 Å². The topological polar surface area (TPSA) is 21.3 Å². The number of aryl methyl sites for hydroxylation is 1. The third-order valence-corrected chi connectivity index (χ3v) is 5.17. The van der Waals surface area contributed by atoms with Crippen LogP contribution in [0.1, 0.15) is 21.4 Å². The number of ether oxygens (including phenoxy) is 1. The van der Waals surface area contributed by atoms with Gasteiger partial charge in [0.1, 0.15) is 11.6 Å². The van der Waals surface area contributed by atoms with Crippen LogP contribution in [0.3, 0.4) is 0 Å². The van der Waals surface area contributed by atoms with Crippen molar-refractivity contribution in [3.05, 3.63) is 49.9 Å². The highest BCUT2D eigenvalue weighted by atomic mass is 79.9. The van der Waals surface area contributed by atoms with Crippen molar-refractivity contribution < 1.29 is 9.13 Å². The summed E-state index contributed by atoms with van der Waals surface area (Å²) < 4.78 is 20.5. The molecule has 0 aliphatic carbocycles. The van der Waals surface area contributed by atoms with Crippen LogP contribution in [0, 0.1) is 12.7 Å². The third-order valence-electron chi connectivity index (χ3n) is 2.97. The van der Waals surface area contributed by atoms with Crippen LogP contribution in [0.25, 0.3) is 0 Å². The van der Waals surface area contributed by atoms with Crippen LogP contribution < -0.4 is 10.1 Å². The van der Waals surface area contributed by atoms with Crippen LogP contribution in [0.4, 0.5) is 4.39 Å². The molecule has 19 heavy (non-hydrogen) atoms. The van der Waals surface area contributed by atoms with E-state index in [1.807, 2.05) is 20.0 Å². The summed E-state index contributed by atoms with van der Waals surface area (Å²) in [5.74, 6) is 0.294. The molecule has 0 saturated heterocycles. The molecule has 0 bridgehead atoms. The highest BCUT2D eigenvalue weighted by molar-refractivity contribution is 9.10. The summed E-state index contributed by atoms with van der Waals surface area (Å²) >= 11 is 5.14. The van der Waals surface area contributed by atoms with Crippen molar-refractivity contribution in [2.45, 2.75) is 13.0 Å². The van der Waals surface area contributed by atoms with Crippen molar-refractivity contribution >= 4 is 27.3 Å². The Morgan fingerprint density at radius 3 is 2.68 bits per heavy atom. The maximum absolute atomic E-state index is 14.1. The smallest absolute Gasteiger partial charge is 0.132 e. The van der Waals surface area contributed by atoms with Crippen LogP contribution >= 0.6 is 27.3 Å². The summed E-state index contributed by atoms with van der Waals surface area (Å²) in [4.78, 5) is 2.22. The number of thiophene rings is 1. The van der Waals surface area contributed by atoms with Crippen LogP contribution in [0.5, 0.6) is 5.75 Å². The molecule has 1 N–H and O–H groups in total. The van der Waals surface area contributed by atoms with Crippen molar-refractivity contribution in [3.8, 4) is 5.75 Å². The average Bonchev–Trinajstić information content (AvgIpc) is 2.72. The van der Waals surface area contributed by atoms with Crippen molar-refractivity contribution in [1.29, 1.82) is 0 Å². The first-order chi connectivity index (χ1) is 9.08. The largest absolute Gasteiger partial charge is 0.496 e. The molecule has 5 heteroatoms. The zero-order chi connectivity index (χ0) is 14.0. The summed E-state index contributed by atoms with van der Waals surface area (Å²) in [6.07, 6.45) is 0. The zero-order valence-corrected chi connectivity index (χ0v) is 13.4. The van der Waals surface area contributed by atoms with Crippen molar-refractivity contribution in [1.82, 2.24) is 5.32 Å². The second-order valence-electron chi connectivity index (χ2n) is 4.13. The number of halogens is 2. The molecule has 0 amide bonds. The Labute approximate surface area is 124 Å². The Kier molecular flexibility index (Phi) is 4.60. The number of rotatable bonds is 4. The Morgan fingerprint density at radius 2 is 2.16 bits per heavy atom. The second-order valence-corrected chi connectivity index (χ2v) is 6.27. The second kappa shape index (κ2) is 6.03. The number of hydrogen-bond acceptors (Lipinski definition) is 3. The highest BCUT2D eigenvalue weighted by Gasteiger charge is 2.22. The highest BCUT2D eigenvalue weighted by Crippen LogP contribution is 2.37. The first kappa shape index (κ1) is 14.5. The molecule has 0 radical (unpaired) electrons. The molecule has 1 atom stereocenters. The molecule has 1 aromatic carbocycles. The maximum atomic E-state index is 14.1. The minimum Gasteiger partial charge on any atom is -0.496 e. The van der Waals surface area contributed by atoms with E-state index < -0.39 is 0 Å². The number of nitrogens with one attached hydrogen (secondary N) is 1. The molecule has 2 rings (SSSR count). The average molecular weight is 344 g/mol. The minimum atomic E-state index is -0.263. The Balaban J connectivity index is 2.53. The van der Waals surface area contributed by atoms with E-state index in [1.54, 1.807) is 30.6 Å². The summed E-state index contributed by atoms with van der Waals surface area (Å²) in [5.41, 5.74) is 0.543. The Hall–Kier alpha value is -0.910. The minimum absolute atomic E-state index is 0.217. The summed E-state index contributed by atoms with van der Waals surface area (Å²) in [5, 5.41) is 3.16. The quantitative estimate of drug-likeness (QED) is 0.894. The van der Waals surface area contributed by atoms with Gasteiger partial charge < -0.3 is 10.1 Å². The van der Waals surface area contributed by atoms with Gasteiger partial charge in [-0.15, -0.1) is 11.3 Å². The molecular weight excluding hydrogens is 329 g/mol. The molecule has 1 unspecified atom stereocenters. The molecule has 0 spiro atoms. The van der Waals surface area contributed by atoms with Crippen molar-refractivity contribution in [2.24, 2.45) is 0 Å². The lowest BCUT2D eigenvalue weighted by Crippen LogP contribution is -2.18. The van der Waals surface area contributed by atoms with E-state index in [1.165, 1.54) is 10.9 Å². The fraction of sp³-hybridized carbons (Fsp3) is 0.286. The fourth-order valence-corrected chi connectivity index (χ4v) is 3.71. The van der Waals surface area contributed by atoms with E-state index in [0.29, 0.717) is 11.3 Å². The van der Waals surface area contributed by atoms with Gasteiger partial charge in [0.2, 0.25) is 0 Å². The van der Waals surface area contributed by atoms with Crippen molar-refractivity contribution in [2.75, 3.05) is 14.2 Å². The molecule has 2 nitrogen and oxygen atoms in total. The summed E-state index contributed by atoms with van der Waals surface area (Å²) in [6, 6.07) is 6.69. The van der Waals surface area contributed by atoms with Crippen LogP contribution in [0.2, 0.25) is 0 Å². The summed E-state index contributed by atoms with van der Waals surface area (Å²) in [7, 11) is 3.38. The molecule has 0 saturated carbocycles. The molecule has 102 valence electrons. The van der Waals surface area contributed by atoms with Crippen LogP contribution in [-0.4, -0.2) is 14.2 Å². The number of benzene rings is 1. The van der Waals surface area contributed by atoms with Gasteiger partial charge in [-0.1, -0.05) is 6.07 Å². The first-order valence-electron chi connectivity index (χ1n) is 5.84. The van der Waals surface area contributed by atoms with Crippen molar-refractivity contribution in [3.63, 3.8) is 0 Å². The van der Waals surface area contributed by atoms with Gasteiger partial charge in [0.25, 0.3) is 0 Å². The molecular formula is C14H15BrFNOS. The molecule has 1 heterocycles. The molecule has 0 aliphatic heterocycles. The molecule has 0 aliphatic rings. The Morgan fingerprint density at radius 1 is 1.42 bits per heavy atom. The lowest BCUT2D eigenvalue weighted by atomic mass is 10.0. The van der Waals surface area contributed by atoms with Gasteiger partial charge in [-0.05, 0) is 48.1 Å². The third kappa shape index (κ3) is 2.83. The number of hydrogen-bond donors (Lipinski definition) is 1. The van der Waals surface area contributed by atoms with E-state index in [0.717, 1.165) is 9.35 Å². The van der Waals surface area contributed by atoms with Gasteiger partial charge in [-0.3, -0.25) is 0 Å². The SMILES string of the molecule is CNC(c1cc(Br)c(C)s1)c1c(F)cccc1OC. The van der Waals surface area contributed by atoms with Crippen LogP contribution in [-0.2, 0) is 0 Å². The lowest BCUT2D eigenvalue weighted by Gasteiger charge is -2.18.